The van der Waals surface area contributed by atoms with Crippen LogP contribution in [0.15, 0.2) is 30.6 Å². The van der Waals surface area contributed by atoms with Crippen molar-refractivity contribution < 1.29 is 4.74 Å². The fourth-order valence-electron chi connectivity index (χ4n) is 3.71. The van der Waals surface area contributed by atoms with Gasteiger partial charge in [0.1, 0.15) is 18.0 Å². The van der Waals surface area contributed by atoms with Crippen molar-refractivity contribution in [1.82, 2.24) is 9.97 Å². The van der Waals surface area contributed by atoms with E-state index in [2.05, 4.69) is 62.8 Å². The highest BCUT2D eigenvalue weighted by Gasteiger charge is 2.21. The summed E-state index contributed by atoms with van der Waals surface area (Å²) in [5, 5.41) is 0. The van der Waals surface area contributed by atoms with Gasteiger partial charge in [-0.1, -0.05) is 12.1 Å². The lowest BCUT2D eigenvalue weighted by Gasteiger charge is -2.37. The molecule has 0 saturated carbocycles. The van der Waals surface area contributed by atoms with Crippen molar-refractivity contribution in [2.75, 3.05) is 67.2 Å². The lowest BCUT2D eigenvalue weighted by Crippen LogP contribution is -2.47. The van der Waals surface area contributed by atoms with Gasteiger partial charge in [-0.2, -0.15) is 0 Å². The van der Waals surface area contributed by atoms with Crippen molar-refractivity contribution in [3.05, 3.63) is 41.7 Å². The summed E-state index contributed by atoms with van der Waals surface area (Å²) in [5.74, 6) is 2.04. The molecule has 6 heteroatoms. The topological polar surface area (TPSA) is 44.7 Å². The summed E-state index contributed by atoms with van der Waals surface area (Å²) in [7, 11) is 0. The molecule has 0 spiro atoms. The van der Waals surface area contributed by atoms with E-state index in [1.165, 1.54) is 16.8 Å². The van der Waals surface area contributed by atoms with Crippen LogP contribution in [0.1, 0.15) is 11.1 Å². The summed E-state index contributed by atoms with van der Waals surface area (Å²) in [6, 6.07) is 8.82. The molecule has 0 amide bonds. The van der Waals surface area contributed by atoms with Gasteiger partial charge in [0.2, 0.25) is 0 Å². The second-order valence-electron chi connectivity index (χ2n) is 7.10. The third kappa shape index (κ3) is 3.60. The molecule has 26 heavy (non-hydrogen) atoms. The molecule has 0 radical (unpaired) electrons. The van der Waals surface area contributed by atoms with E-state index in [1.807, 2.05) is 0 Å². The Hall–Kier alpha value is -2.34. The standard InChI is InChI=1S/C20H27N5O/c1-16-3-4-17(2)18(13-16)23-5-7-24(8-6-23)19-14-20(22-15-21-19)25-9-11-26-12-10-25/h3-4,13-15H,5-12H2,1-2H3. The summed E-state index contributed by atoms with van der Waals surface area (Å²) in [6.07, 6.45) is 1.69. The van der Waals surface area contributed by atoms with Crippen LogP contribution >= 0.6 is 0 Å². The number of aromatic nitrogens is 2. The molecule has 0 unspecified atom stereocenters. The average Bonchev–Trinajstić information content (AvgIpc) is 2.71. The molecule has 3 heterocycles. The van der Waals surface area contributed by atoms with E-state index in [1.54, 1.807) is 6.33 Å². The van der Waals surface area contributed by atoms with Gasteiger partial charge in [-0.25, -0.2) is 9.97 Å². The minimum absolute atomic E-state index is 0.772. The molecule has 2 saturated heterocycles. The Bertz CT molecular complexity index is 752. The van der Waals surface area contributed by atoms with Gasteiger partial charge in [0.15, 0.2) is 0 Å². The van der Waals surface area contributed by atoms with E-state index >= 15 is 0 Å². The molecule has 2 fully saturated rings. The number of ether oxygens (including phenoxy) is 1. The van der Waals surface area contributed by atoms with E-state index in [9.17, 15) is 0 Å². The zero-order valence-electron chi connectivity index (χ0n) is 15.7. The number of hydrogen-bond donors (Lipinski definition) is 0. The molecule has 4 rings (SSSR count). The van der Waals surface area contributed by atoms with Crippen LogP contribution in [-0.4, -0.2) is 62.5 Å². The third-order valence-corrected chi connectivity index (χ3v) is 5.28. The number of rotatable bonds is 3. The van der Waals surface area contributed by atoms with Crippen molar-refractivity contribution in [1.29, 1.82) is 0 Å². The lowest BCUT2D eigenvalue weighted by atomic mass is 10.1. The van der Waals surface area contributed by atoms with Crippen LogP contribution in [-0.2, 0) is 4.74 Å². The van der Waals surface area contributed by atoms with E-state index in [0.717, 1.165) is 64.1 Å². The molecular formula is C20H27N5O. The van der Waals surface area contributed by atoms with Gasteiger partial charge >= 0.3 is 0 Å². The minimum atomic E-state index is 0.772. The Morgan fingerprint density at radius 3 is 2.08 bits per heavy atom. The number of anilines is 3. The Morgan fingerprint density at radius 2 is 1.38 bits per heavy atom. The lowest BCUT2D eigenvalue weighted by molar-refractivity contribution is 0.122. The molecule has 1 aromatic carbocycles. The first-order valence-corrected chi connectivity index (χ1v) is 9.42. The summed E-state index contributed by atoms with van der Waals surface area (Å²) < 4.78 is 5.44. The molecule has 2 aromatic rings. The van der Waals surface area contributed by atoms with E-state index in [4.69, 9.17) is 4.74 Å². The van der Waals surface area contributed by atoms with E-state index < -0.39 is 0 Å². The molecule has 138 valence electrons. The Kier molecular flexibility index (Phi) is 4.93. The molecule has 2 aliphatic heterocycles. The van der Waals surface area contributed by atoms with Gasteiger partial charge in [-0.05, 0) is 31.0 Å². The van der Waals surface area contributed by atoms with Crippen LogP contribution in [0.4, 0.5) is 17.3 Å². The molecule has 1 aromatic heterocycles. The number of hydrogen-bond acceptors (Lipinski definition) is 6. The second kappa shape index (κ2) is 7.50. The molecular weight excluding hydrogens is 326 g/mol. The maximum absolute atomic E-state index is 5.44. The highest BCUT2D eigenvalue weighted by molar-refractivity contribution is 5.57. The first-order valence-electron chi connectivity index (χ1n) is 9.42. The fourth-order valence-corrected chi connectivity index (χ4v) is 3.71. The van der Waals surface area contributed by atoms with E-state index in [0.29, 0.717) is 0 Å². The SMILES string of the molecule is Cc1ccc(C)c(N2CCN(c3cc(N4CCOCC4)ncn3)CC2)c1. The van der Waals surface area contributed by atoms with Crippen LogP contribution in [0, 0.1) is 13.8 Å². The number of nitrogens with zero attached hydrogens (tertiary/aromatic N) is 5. The minimum Gasteiger partial charge on any atom is -0.378 e. The van der Waals surface area contributed by atoms with Crippen molar-refractivity contribution in [3.63, 3.8) is 0 Å². The van der Waals surface area contributed by atoms with Crippen LogP contribution in [0.2, 0.25) is 0 Å². The van der Waals surface area contributed by atoms with Gasteiger partial charge in [0.05, 0.1) is 13.2 Å². The van der Waals surface area contributed by atoms with Crippen LogP contribution in [0.3, 0.4) is 0 Å². The molecule has 0 bridgehead atoms. The molecule has 6 nitrogen and oxygen atoms in total. The molecule has 0 N–H and O–H groups in total. The Balaban J connectivity index is 1.44. The van der Waals surface area contributed by atoms with Gasteiger partial charge in [0, 0.05) is 51.0 Å². The monoisotopic (exact) mass is 353 g/mol. The Morgan fingerprint density at radius 1 is 0.769 bits per heavy atom. The van der Waals surface area contributed by atoms with Crippen LogP contribution < -0.4 is 14.7 Å². The van der Waals surface area contributed by atoms with Gasteiger partial charge in [-0.3, -0.25) is 0 Å². The Labute approximate surface area is 155 Å². The first-order chi connectivity index (χ1) is 12.7. The summed E-state index contributed by atoms with van der Waals surface area (Å²) in [5.41, 5.74) is 4.03. The van der Waals surface area contributed by atoms with Crippen LogP contribution in [0.25, 0.3) is 0 Å². The summed E-state index contributed by atoms with van der Waals surface area (Å²) >= 11 is 0. The fraction of sp³-hybridized carbons (Fsp3) is 0.500. The van der Waals surface area contributed by atoms with Gasteiger partial charge in [-0.15, -0.1) is 0 Å². The number of piperazine rings is 1. The van der Waals surface area contributed by atoms with E-state index in [-0.39, 0.29) is 0 Å². The van der Waals surface area contributed by atoms with Crippen LogP contribution in [0.5, 0.6) is 0 Å². The molecule has 0 atom stereocenters. The van der Waals surface area contributed by atoms with Crippen molar-refractivity contribution in [2.45, 2.75) is 13.8 Å². The number of aryl methyl sites for hydroxylation is 2. The summed E-state index contributed by atoms with van der Waals surface area (Å²) in [4.78, 5) is 16.1. The maximum Gasteiger partial charge on any atom is 0.134 e. The number of morpholine rings is 1. The van der Waals surface area contributed by atoms with Crippen molar-refractivity contribution in [2.24, 2.45) is 0 Å². The maximum atomic E-state index is 5.44. The quantitative estimate of drug-likeness (QED) is 0.843. The number of benzene rings is 1. The predicted molar refractivity (Wildman–Crippen MR) is 105 cm³/mol. The second-order valence-corrected chi connectivity index (χ2v) is 7.10. The molecule has 2 aliphatic rings. The highest BCUT2D eigenvalue weighted by atomic mass is 16.5. The summed E-state index contributed by atoms with van der Waals surface area (Å²) in [6.45, 7) is 11.7. The zero-order chi connectivity index (χ0) is 17.9. The van der Waals surface area contributed by atoms with Gasteiger partial charge < -0.3 is 19.4 Å². The smallest absolute Gasteiger partial charge is 0.134 e. The zero-order valence-corrected chi connectivity index (χ0v) is 15.7. The largest absolute Gasteiger partial charge is 0.378 e. The van der Waals surface area contributed by atoms with Crippen molar-refractivity contribution >= 4 is 17.3 Å². The predicted octanol–water partition coefficient (Wildman–Crippen LogP) is 2.26. The average molecular weight is 353 g/mol. The molecule has 0 aliphatic carbocycles. The van der Waals surface area contributed by atoms with Gasteiger partial charge in [0.25, 0.3) is 0 Å². The normalized spacial score (nSPS) is 18.3. The highest BCUT2D eigenvalue weighted by Crippen LogP contribution is 2.25. The first kappa shape index (κ1) is 17.1. The third-order valence-electron chi connectivity index (χ3n) is 5.28. The van der Waals surface area contributed by atoms with Crippen molar-refractivity contribution in [3.8, 4) is 0 Å².